The second kappa shape index (κ2) is 8.90. The summed E-state index contributed by atoms with van der Waals surface area (Å²) >= 11 is 0. The lowest BCUT2D eigenvalue weighted by atomic mass is 10.1. The Labute approximate surface area is 191 Å². The van der Waals surface area contributed by atoms with E-state index in [0.29, 0.717) is 43.6 Å². The van der Waals surface area contributed by atoms with Gasteiger partial charge < -0.3 is 19.1 Å². The standard InChI is InChI=1S/C25H25N5O3/c1-17-7-9-20(10-8-17)32-16-23(31)29-11-13-30(14-12-29)25-21(24-26-18(2)33-28-24)15-19-5-3-4-6-22(19)27-25/h3-10,15H,11-14,16H2,1-2H3. The monoisotopic (exact) mass is 443 g/mol. The number of fused-ring (bicyclic) bond motifs is 1. The topological polar surface area (TPSA) is 84.6 Å². The van der Waals surface area contributed by atoms with Gasteiger partial charge in [0.25, 0.3) is 5.91 Å². The van der Waals surface area contributed by atoms with E-state index >= 15 is 0 Å². The molecular formula is C25H25N5O3. The van der Waals surface area contributed by atoms with Gasteiger partial charge in [0.2, 0.25) is 11.7 Å². The fourth-order valence-electron chi connectivity index (χ4n) is 3.96. The smallest absolute Gasteiger partial charge is 0.260 e. The zero-order valence-corrected chi connectivity index (χ0v) is 18.7. The highest BCUT2D eigenvalue weighted by atomic mass is 16.5. The first-order chi connectivity index (χ1) is 16.1. The number of para-hydroxylation sites is 1. The lowest BCUT2D eigenvalue weighted by Gasteiger charge is -2.36. The Balaban J connectivity index is 1.30. The van der Waals surface area contributed by atoms with Crippen molar-refractivity contribution in [1.82, 2.24) is 20.0 Å². The number of pyridine rings is 1. The second-order valence-electron chi connectivity index (χ2n) is 8.16. The maximum atomic E-state index is 12.7. The molecular weight excluding hydrogens is 418 g/mol. The van der Waals surface area contributed by atoms with Crippen LogP contribution in [-0.4, -0.2) is 58.7 Å². The van der Waals surface area contributed by atoms with Crippen molar-refractivity contribution in [2.75, 3.05) is 37.7 Å². The van der Waals surface area contributed by atoms with Crippen LogP contribution in [0.5, 0.6) is 5.75 Å². The van der Waals surface area contributed by atoms with E-state index in [1.807, 2.05) is 60.4 Å². The summed E-state index contributed by atoms with van der Waals surface area (Å²) in [5.41, 5.74) is 2.89. The van der Waals surface area contributed by atoms with Crippen LogP contribution in [0.3, 0.4) is 0 Å². The molecule has 2 aromatic heterocycles. The van der Waals surface area contributed by atoms with E-state index < -0.39 is 0 Å². The first-order valence-electron chi connectivity index (χ1n) is 11.0. The van der Waals surface area contributed by atoms with Crippen molar-refractivity contribution in [2.24, 2.45) is 0 Å². The molecule has 0 atom stereocenters. The van der Waals surface area contributed by atoms with Crippen LogP contribution < -0.4 is 9.64 Å². The highest BCUT2D eigenvalue weighted by Gasteiger charge is 2.25. The van der Waals surface area contributed by atoms with Gasteiger partial charge in [0.05, 0.1) is 11.1 Å². The minimum atomic E-state index is -0.0179. The molecule has 168 valence electrons. The van der Waals surface area contributed by atoms with Crippen LogP contribution in [0.4, 0.5) is 5.82 Å². The van der Waals surface area contributed by atoms with Crippen LogP contribution in [0.1, 0.15) is 11.5 Å². The van der Waals surface area contributed by atoms with Gasteiger partial charge in [0.15, 0.2) is 6.61 Å². The average Bonchev–Trinajstić information content (AvgIpc) is 3.29. The van der Waals surface area contributed by atoms with E-state index in [-0.39, 0.29) is 12.5 Å². The Morgan fingerprint density at radius 2 is 1.76 bits per heavy atom. The van der Waals surface area contributed by atoms with E-state index in [1.165, 1.54) is 0 Å². The molecule has 1 aliphatic rings. The molecule has 2 aromatic carbocycles. The molecule has 33 heavy (non-hydrogen) atoms. The summed E-state index contributed by atoms with van der Waals surface area (Å²) in [7, 11) is 0. The number of rotatable bonds is 5. The molecule has 4 aromatic rings. The number of ether oxygens (including phenoxy) is 1. The quantitative estimate of drug-likeness (QED) is 0.466. The molecule has 3 heterocycles. The third kappa shape index (κ3) is 4.50. The Morgan fingerprint density at radius 3 is 2.48 bits per heavy atom. The van der Waals surface area contributed by atoms with Crippen LogP contribution in [0.25, 0.3) is 22.3 Å². The summed E-state index contributed by atoms with van der Waals surface area (Å²) < 4.78 is 10.9. The first kappa shape index (κ1) is 20.9. The molecule has 0 saturated carbocycles. The maximum absolute atomic E-state index is 12.7. The van der Waals surface area contributed by atoms with Gasteiger partial charge in [-0.25, -0.2) is 4.98 Å². The molecule has 0 N–H and O–H groups in total. The number of anilines is 1. The van der Waals surface area contributed by atoms with Gasteiger partial charge >= 0.3 is 0 Å². The van der Waals surface area contributed by atoms with Gasteiger partial charge in [-0.15, -0.1) is 0 Å². The predicted molar refractivity (Wildman–Crippen MR) is 125 cm³/mol. The molecule has 8 heteroatoms. The number of amides is 1. The van der Waals surface area contributed by atoms with Crippen molar-refractivity contribution in [2.45, 2.75) is 13.8 Å². The Kier molecular flexibility index (Phi) is 5.64. The number of nitrogens with zero attached hydrogens (tertiary/aromatic N) is 5. The van der Waals surface area contributed by atoms with E-state index in [9.17, 15) is 4.79 Å². The number of aryl methyl sites for hydroxylation is 2. The van der Waals surface area contributed by atoms with Crippen LogP contribution in [0, 0.1) is 13.8 Å². The van der Waals surface area contributed by atoms with E-state index in [2.05, 4.69) is 21.1 Å². The third-order valence-electron chi connectivity index (χ3n) is 5.79. The van der Waals surface area contributed by atoms with Gasteiger partial charge in [-0.2, -0.15) is 4.98 Å². The summed E-state index contributed by atoms with van der Waals surface area (Å²) in [6.07, 6.45) is 0. The first-order valence-corrected chi connectivity index (χ1v) is 11.0. The number of hydrogen-bond donors (Lipinski definition) is 0. The second-order valence-corrected chi connectivity index (χ2v) is 8.16. The van der Waals surface area contributed by atoms with Gasteiger partial charge in [-0.3, -0.25) is 4.79 Å². The summed E-state index contributed by atoms with van der Waals surface area (Å²) in [6, 6.07) is 17.7. The molecule has 1 fully saturated rings. The molecule has 5 rings (SSSR count). The van der Waals surface area contributed by atoms with Crippen molar-refractivity contribution < 1.29 is 14.1 Å². The van der Waals surface area contributed by atoms with Gasteiger partial charge in [-0.05, 0) is 31.2 Å². The number of carbonyl (C=O) groups is 1. The molecule has 0 unspecified atom stereocenters. The maximum Gasteiger partial charge on any atom is 0.260 e. The van der Waals surface area contributed by atoms with Gasteiger partial charge in [0.1, 0.15) is 11.6 Å². The minimum absolute atomic E-state index is 0.0179. The molecule has 0 bridgehead atoms. The van der Waals surface area contributed by atoms with Crippen LogP contribution in [0.2, 0.25) is 0 Å². The summed E-state index contributed by atoms with van der Waals surface area (Å²) in [4.78, 5) is 26.0. The number of piperazine rings is 1. The molecule has 0 spiro atoms. The highest BCUT2D eigenvalue weighted by molar-refractivity contribution is 5.88. The zero-order chi connectivity index (χ0) is 22.8. The average molecular weight is 444 g/mol. The number of aromatic nitrogens is 3. The number of benzene rings is 2. The fraction of sp³-hybridized carbons (Fsp3) is 0.280. The minimum Gasteiger partial charge on any atom is -0.484 e. The molecule has 8 nitrogen and oxygen atoms in total. The summed E-state index contributed by atoms with van der Waals surface area (Å²) in [6.45, 7) is 6.32. The summed E-state index contributed by atoms with van der Waals surface area (Å²) in [5.74, 6) is 2.51. The van der Waals surface area contributed by atoms with E-state index in [4.69, 9.17) is 14.2 Å². The van der Waals surface area contributed by atoms with Crippen molar-refractivity contribution in [3.8, 4) is 17.1 Å². The molecule has 1 saturated heterocycles. The lowest BCUT2D eigenvalue weighted by Crippen LogP contribution is -2.50. The molecule has 0 aliphatic carbocycles. The Bertz CT molecular complexity index is 1280. The summed E-state index contributed by atoms with van der Waals surface area (Å²) in [5, 5.41) is 5.13. The molecule has 0 radical (unpaired) electrons. The van der Waals surface area contributed by atoms with Crippen LogP contribution in [-0.2, 0) is 4.79 Å². The van der Waals surface area contributed by atoms with Gasteiger partial charge in [-0.1, -0.05) is 41.1 Å². The van der Waals surface area contributed by atoms with E-state index in [0.717, 1.165) is 27.8 Å². The fourth-order valence-corrected chi connectivity index (χ4v) is 3.96. The Hall–Kier alpha value is -3.94. The van der Waals surface area contributed by atoms with Crippen LogP contribution >= 0.6 is 0 Å². The van der Waals surface area contributed by atoms with Crippen molar-refractivity contribution >= 4 is 22.6 Å². The highest BCUT2D eigenvalue weighted by Crippen LogP contribution is 2.31. The van der Waals surface area contributed by atoms with Crippen molar-refractivity contribution in [3.05, 3.63) is 66.1 Å². The normalized spacial score (nSPS) is 14.0. The van der Waals surface area contributed by atoms with Crippen molar-refractivity contribution in [3.63, 3.8) is 0 Å². The third-order valence-corrected chi connectivity index (χ3v) is 5.79. The number of hydrogen-bond acceptors (Lipinski definition) is 7. The van der Waals surface area contributed by atoms with Crippen LogP contribution in [0.15, 0.2) is 59.1 Å². The zero-order valence-electron chi connectivity index (χ0n) is 18.7. The van der Waals surface area contributed by atoms with Crippen molar-refractivity contribution in [1.29, 1.82) is 0 Å². The largest absolute Gasteiger partial charge is 0.484 e. The number of carbonyl (C=O) groups excluding carboxylic acids is 1. The van der Waals surface area contributed by atoms with E-state index in [1.54, 1.807) is 6.92 Å². The Morgan fingerprint density at radius 1 is 1.00 bits per heavy atom. The lowest BCUT2D eigenvalue weighted by molar-refractivity contribution is -0.133. The SMILES string of the molecule is Cc1ccc(OCC(=O)N2CCN(c3nc4ccccc4cc3-c3noc(C)n3)CC2)cc1. The predicted octanol–water partition coefficient (Wildman–Crippen LogP) is 3.63. The van der Waals surface area contributed by atoms with Gasteiger partial charge in [0, 0.05) is 38.5 Å². The molecule has 1 amide bonds. The molecule has 1 aliphatic heterocycles.